The van der Waals surface area contributed by atoms with E-state index in [1.54, 1.807) is 0 Å². The number of nitrogens with two attached hydrogens (primary N) is 1. The first-order valence-electron chi connectivity index (χ1n) is 6.05. The Labute approximate surface area is 106 Å². The van der Waals surface area contributed by atoms with E-state index in [1.165, 1.54) is 32.1 Å². The number of rotatable bonds is 3. The normalized spacial score (nSPS) is 18.2. The lowest BCUT2D eigenvalue weighted by atomic mass is 10.0. The van der Waals surface area contributed by atoms with Crippen LogP contribution in [0.25, 0.3) is 0 Å². The molecule has 1 aromatic carbocycles. The van der Waals surface area contributed by atoms with Crippen LogP contribution in [0.2, 0.25) is 0 Å². The van der Waals surface area contributed by atoms with Gasteiger partial charge in [-0.05, 0) is 18.9 Å². The third-order valence-corrected chi connectivity index (χ3v) is 4.53. The number of hydrogen-bond acceptors (Lipinski definition) is 3. The molecule has 0 saturated heterocycles. The summed E-state index contributed by atoms with van der Waals surface area (Å²) in [6.45, 7) is 0. The predicted molar refractivity (Wildman–Crippen MR) is 71.7 cm³/mol. The molecule has 2 rings (SSSR count). The van der Waals surface area contributed by atoms with Crippen molar-refractivity contribution in [2.75, 3.05) is 0 Å². The molecule has 1 aliphatic carbocycles. The van der Waals surface area contributed by atoms with Crippen molar-refractivity contribution in [1.82, 2.24) is 0 Å². The second kappa shape index (κ2) is 5.96. The number of thioether (sulfide) groups is 1. The van der Waals surface area contributed by atoms with Gasteiger partial charge in [-0.1, -0.05) is 42.6 Å². The van der Waals surface area contributed by atoms with Crippen molar-refractivity contribution < 1.29 is 5.21 Å². The third kappa shape index (κ3) is 3.16. The smallest absolute Gasteiger partial charge is 0.171 e. The largest absolute Gasteiger partial charge is 0.409 e. The third-order valence-electron chi connectivity index (χ3n) is 3.12. The van der Waals surface area contributed by atoms with E-state index >= 15 is 0 Å². The fraction of sp³-hybridized carbons (Fsp3) is 0.462. The average molecular weight is 250 g/mol. The quantitative estimate of drug-likeness (QED) is 0.375. The van der Waals surface area contributed by atoms with Gasteiger partial charge >= 0.3 is 0 Å². The van der Waals surface area contributed by atoms with E-state index in [0.29, 0.717) is 5.25 Å². The molecule has 0 amide bonds. The maximum Gasteiger partial charge on any atom is 0.171 e. The fourth-order valence-corrected chi connectivity index (χ4v) is 3.58. The van der Waals surface area contributed by atoms with E-state index in [2.05, 4.69) is 5.16 Å². The molecule has 0 aliphatic heterocycles. The van der Waals surface area contributed by atoms with Gasteiger partial charge in [0.2, 0.25) is 0 Å². The minimum atomic E-state index is 0.198. The molecule has 4 heteroatoms. The van der Waals surface area contributed by atoms with Crippen molar-refractivity contribution in [3.05, 3.63) is 29.8 Å². The molecule has 0 aromatic heterocycles. The minimum absolute atomic E-state index is 0.198. The second-order valence-corrected chi connectivity index (χ2v) is 5.70. The number of benzene rings is 1. The van der Waals surface area contributed by atoms with Crippen LogP contribution in [-0.2, 0) is 0 Å². The summed E-state index contributed by atoms with van der Waals surface area (Å²) in [5, 5.41) is 12.5. The monoisotopic (exact) mass is 250 g/mol. The highest BCUT2D eigenvalue weighted by Gasteiger charge is 2.17. The summed E-state index contributed by atoms with van der Waals surface area (Å²) in [5.74, 6) is 0.198. The van der Waals surface area contributed by atoms with E-state index < -0.39 is 0 Å². The van der Waals surface area contributed by atoms with E-state index in [0.717, 1.165) is 10.5 Å². The van der Waals surface area contributed by atoms with Crippen LogP contribution in [0, 0.1) is 0 Å². The lowest BCUT2D eigenvalue weighted by molar-refractivity contribution is 0.318. The molecular weight excluding hydrogens is 232 g/mol. The zero-order valence-corrected chi connectivity index (χ0v) is 10.6. The SMILES string of the molecule is N/C(=N\O)c1ccccc1SC1CCCCC1. The van der Waals surface area contributed by atoms with Crippen molar-refractivity contribution in [2.45, 2.75) is 42.2 Å². The van der Waals surface area contributed by atoms with Crippen molar-refractivity contribution in [1.29, 1.82) is 0 Å². The molecule has 0 heterocycles. The fourth-order valence-electron chi connectivity index (χ4n) is 2.20. The Balaban J connectivity index is 2.14. The van der Waals surface area contributed by atoms with Crippen LogP contribution in [0.3, 0.4) is 0 Å². The number of oxime groups is 1. The van der Waals surface area contributed by atoms with Crippen molar-refractivity contribution in [2.24, 2.45) is 10.9 Å². The van der Waals surface area contributed by atoms with E-state index in [1.807, 2.05) is 36.0 Å². The Kier molecular flexibility index (Phi) is 4.31. The Morgan fingerprint density at radius 2 is 1.94 bits per heavy atom. The van der Waals surface area contributed by atoms with Crippen LogP contribution in [0.4, 0.5) is 0 Å². The average Bonchev–Trinajstić information content (AvgIpc) is 2.40. The first-order valence-corrected chi connectivity index (χ1v) is 6.93. The van der Waals surface area contributed by atoms with Gasteiger partial charge in [0, 0.05) is 15.7 Å². The summed E-state index contributed by atoms with van der Waals surface area (Å²) in [6.07, 6.45) is 6.55. The van der Waals surface area contributed by atoms with Crippen LogP contribution < -0.4 is 5.73 Å². The molecule has 1 aliphatic rings. The van der Waals surface area contributed by atoms with Gasteiger partial charge in [0.15, 0.2) is 5.84 Å². The van der Waals surface area contributed by atoms with E-state index in [9.17, 15) is 0 Å². The molecule has 3 N–H and O–H groups in total. The number of nitrogens with zero attached hydrogens (tertiary/aromatic N) is 1. The van der Waals surface area contributed by atoms with Crippen molar-refractivity contribution in [3.8, 4) is 0 Å². The summed E-state index contributed by atoms with van der Waals surface area (Å²) < 4.78 is 0. The van der Waals surface area contributed by atoms with Crippen LogP contribution in [0.1, 0.15) is 37.7 Å². The zero-order chi connectivity index (χ0) is 12.1. The zero-order valence-electron chi connectivity index (χ0n) is 9.80. The maximum atomic E-state index is 8.77. The van der Waals surface area contributed by atoms with Crippen LogP contribution in [0.5, 0.6) is 0 Å². The summed E-state index contributed by atoms with van der Waals surface area (Å²) in [4.78, 5) is 1.12. The Morgan fingerprint density at radius 1 is 1.24 bits per heavy atom. The molecule has 0 radical (unpaired) electrons. The molecule has 0 bridgehead atoms. The first-order chi connectivity index (χ1) is 8.31. The molecular formula is C13H18N2OS. The number of amidine groups is 1. The van der Waals surface area contributed by atoms with Crippen LogP contribution in [-0.4, -0.2) is 16.3 Å². The minimum Gasteiger partial charge on any atom is -0.409 e. The van der Waals surface area contributed by atoms with Gasteiger partial charge in [-0.3, -0.25) is 0 Å². The second-order valence-electron chi connectivity index (χ2n) is 4.36. The van der Waals surface area contributed by atoms with Gasteiger partial charge in [-0.25, -0.2) is 0 Å². The maximum absolute atomic E-state index is 8.77. The summed E-state index contributed by atoms with van der Waals surface area (Å²) in [6, 6.07) is 7.87. The topological polar surface area (TPSA) is 58.6 Å². The number of hydrogen-bond donors (Lipinski definition) is 2. The molecule has 0 unspecified atom stereocenters. The van der Waals surface area contributed by atoms with Gasteiger partial charge in [-0.15, -0.1) is 11.8 Å². The Hall–Kier alpha value is -1.16. The van der Waals surface area contributed by atoms with E-state index in [-0.39, 0.29) is 5.84 Å². The van der Waals surface area contributed by atoms with Gasteiger partial charge in [-0.2, -0.15) is 0 Å². The first kappa shape index (κ1) is 12.3. The highest BCUT2D eigenvalue weighted by Crippen LogP contribution is 2.35. The molecule has 0 spiro atoms. The van der Waals surface area contributed by atoms with Crippen LogP contribution >= 0.6 is 11.8 Å². The molecule has 1 saturated carbocycles. The lowest BCUT2D eigenvalue weighted by Gasteiger charge is -2.21. The molecule has 92 valence electrons. The van der Waals surface area contributed by atoms with Crippen LogP contribution in [0.15, 0.2) is 34.3 Å². The highest BCUT2D eigenvalue weighted by atomic mass is 32.2. The van der Waals surface area contributed by atoms with Gasteiger partial charge in [0.05, 0.1) is 0 Å². The van der Waals surface area contributed by atoms with Gasteiger partial charge in [0.1, 0.15) is 0 Å². The summed E-state index contributed by atoms with van der Waals surface area (Å²) in [7, 11) is 0. The molecule has 1 fully saturated rings. The summed E-state index contributed by atoms with van der Waals surface area (Å²) in [5.41, 5.74) is 6.53. The molecule has 17 heavy (non-hydrogen) atoms. The molecule has 1 aromatic rings. The standard InChI is InChI=1S/C13H18N2OS/c14-13(15-16)11-8-4-5-9-12(11)17-10-6-2-1-3-7-10/h4-5,8-10,16H,1-3,6-7H2,(H2,14,15). The lowest BCUT2D eigenvalue weighted by Crippen LogP contribution is -2.15. The van der Waals surface area contributed by atoms with Crippen molar-refractivity contribution in [3.63, 3.8) is 0 Å². The molecule has 0 atom stereocenters. The Morgan fingerprint density at radius 3 is 2.65 bits per heavy atom. The van der Waals surface area contributed by atoms with Crippen molar-refractivity contribution >= 4 is 17.6 Å². The van der Waals surface area contributed by atoms with Gasteiger partial charge in [0.25, 0.3) is 0 Å². The summed E-state index contributed by atoms with van der Waals surface area (Å²) >= 11 is 1.86. The van der Waals surface area contributed by atoms with E-state index in [4.69, 9.17) is 10.9 Å². The Bertz CT molecular complexity index is 400. The highest BCUT2D eigenvalue weighted by molar-refractivity contribution is 8.00. The predicted octanol–water partition coefficient (Wildman–Crippen LogP) is 3.21. The molecule has 3 nitrogen and oxygen atoms in total. The van der Waals surface area contributed by atoms with Gasteiger partial charge < -0.3 is 10.9 Å².